The monoisotopic (exact) mass is 1100 g/mol. The van der Waals surface area contributed by atoms with E-state index in [0.717, 1.165) is 29.6 Å². The molecule has 0 radical (unpaired) electrons. The lowest BCUT2D eigenvalue weighted by atomic mass is 9.95. The summed E-state index contributed by atoms with van der Waals surface area (Å²) in [7, 11) is 0. The first-order chi connectivity index (χ1) is 35.9. The zero-order valence-corrected chi connectivity index (χ0v) is 43.5. The molecule has 0 aromatic heterocycles. The van der Waals surface area contributed by atoms with Crippen LogP contribution in [0.15, 0.2) is 47.6 Å². The lowest BCUT2D eigenvalue weighted by Gasteiger charge is -2.47. The zero-order chi connectivity index (χ0) is 56.3. The average molecular weight is 1100 g/mol. The van der Waals surface area contributed by atoms with Crippen LogP contribution in [0.25, 0.3) is 0 Å². The van der Waals surface area contributed by atoms with Gasteiger partial charge >= 0.3 is 0 Å². The van der Waals surface area contributed by atoms with E-state index in [-0.39, 0.29) is 6.61 Å². The Morgan fingerprint density at radius 1 is 0.461 bits per heavy atom. The van der Waals surface area contributed by atoms with Gasteiger partial charge in [-0.15, -0.1) is 6.58 Å². The van der Waals surface area contributed by atoms with Gasteiger partial charge in [0.15, 0.2) is 31.5 Å². The lowest BCUT2D eigenvalue weighted by Crippen LogP contribution is -2.65. The third-order valence-electron chi connectivity index (χ3n) is 14.5. The molecule has 0 aromatic carbocycles. The standard InChI is InChI=1S/C50H84O26/c1-7-50(6,76-49-44(38(62)33(57)28(19-53)72-49)75-47-42(66)37(61)32(56)27(18-52)71-47)16-10-15-23(3)12-8-11-22(2)13-9-14-24(4)20-67-48-43(74-46-41(65)36(60)31(55)26(17-51)70-46)39(63)34(58)29(73-48)21-68-45-40(64)35(59)30(54)25(5)69-45/h7,11,14-15,25-49,51-66H,1,8-10,12-13,16-21H2,2-6H3. The smallest absolute Gasteiger partial charge is 0.188 e. The fraction of sp³-hybridized carbons (Fsp3) is 0.840. The first-order valence-corrected chi connectivity index (χ1v) is 25.7. The summed E-state index contributed by atoms with van der Waals surface area (Å²) in [6, 6.07) is 0. The van der Waals surface area contributed by atoms with Crippen LogP contribution in [0.3, 0.4) is 0 Å². The molecule has 26 unspecified atom stereocenters. The topological polar surface area (TPSA) is 416 Å². The Morgan fingerprint density at radius 2 is 0.868 bits per heavy atom. The molecule has 0 aromatic rings. The maximum atomic E-state index is 11.3. The van der Waals surface area contributed by atoms with E-state index in [1.54, 1.807) is 13.8 Å². The van der Waals surface area contributed by atoms with Gasteiger partial charge in [-0.25, -0.2) is 0 Å². The van der Waals surface area contributed by atoms with E-state index < -0.39 is 186 Å². The van der Waals surface area contributed by atoms with E-state index in [9.17, 15) is 81.7 Å². The summed E-state index contributed by atoms with van der Waals surface area (Å²) in [5, 5.41) is 166. The molecule has 0 bridgehead atoms. The van der Waals surface area contributed by atoms with Gasteiger partial charge in [0.25, 0.3) is 0 Å². The Hall–Kier alpha value is -2.08. The molecule has 0 spiro atoms. The van der Waals surface area contributed by atoms with Crippen LogP contribution < -0.4 is 0 Å². The second-order valence-electron chi connectivity index (χ2n) is 20.6. The van der Waals surface area contributed by atoms with Gasteiger partial charge < -0.3 is 129 Å². The van der Waals surface area contributed by atoms with Crippen LogP contribution in [-0.2, 0) is 47.4 Å². The van der Waals surface area contributed by atoms with Crippen molar-refractivity contribution in [1.82, 2.24) is 0 Å². The van der Waals surface area contributed by atoms with E-state index in [0.29, 0.717) is 25.7 Å². The van der Waals surface area contributed by atoms with Crippen LogP contribution in [0.2, 0.25) is 0 Å². The molecule has 5 fully saturated rings. The van der Waals surface area contributed by atoms with Crippen molar-refractivity contribution in [2.75, 3.05) is 33.0 Å². The van der Waals surface area contributed by atoms with Crippen molar-refractivity contribution >= 4 is 0 Å². The first-order valence-electron chi connectivity index (χ1n) is 25.7. The van der Waals surface area contributed by atoms with Crippen molar-refractivity contribution in [3.8, 4) is 0 Å². The van der Waals surface area contributed by atoms with Crippen molar-refractivity contribution in [3.63, 3.8) is 0 Å². The molecule has 26 nitrogen and oxygen atoms in total. The van der Waals surface area contributed by atoms with Crippen LogP contribution in [0.4, 0.5) is 0 Å². The quantitative estimate of drug-likeness (QED) is 0.0382. The van der Waals surface area contributed by atoms with Crippen LogP contribution in [0, 0.1) is 0 Å². The molecular formula is C50H84O26. The summed E-state index contributed by atoms with van der Waals surface area (Å²) in [5.74, 6) is 0. The van der Waals surface area contributed by atoms with Gasteiger partial charge in [0, 0.05) is 0 Å². The SMILES string of the molecule is C=CC(C)(CCC=C(C)CCC=C(C)CCC=C(C)COC1OC(COC2OC(C)C(O)C(O)C2O)C(O)C(O)C1OC1OC(CO)C(O)C(O)C1O)OC1OC(CO)C(O)C(O)C1OC1OC(CO)C(O)C(O)C1O. The van der Waals surface area contributed by atoms with Crippen molar-refractivity contribution in [2.24, 2.45) is 0 Å². The van der Waals surface area contributed by atoms with Crippen LogP contribution in [0.1, 0.15) is 73.1 Å². The van der Waals surface area contributed by atoms with Gasteiger partial charge in [0.1, 0.15) is 116 Å². The van der Waals surface area contributed by atoms with Crippen LogP contribution >= 0.6 is 0 Å². The third-order valence-corrected chi connectivity index (χ3v) is 14.5. The van der Waals surface area contributed by atoms with Gasteiger partial charge in [-0.05, 0) is 73.1 Å². The maximum Gasteiger partial charge on any atom is 0.188 e. The highest BCUT2D eigenvalue weighted by Crippen LogP contribution is 2.35. The molecule has 5 saturated heterocycles. The van der Waals surface area contributed by atoms with Crippen LogP contribution in [-0.4, -0.2) is 274 Å². The predicted octanol–water partition coefficient (Wildman–Crippen LogP) is -4.76. The van der Waals surface area contributed by atoms with Gasteiger partial charge in [0.2, 0.25) is 0 Å². The molecular weight excluding hydrogens is 1020 g/mol. The molecule has 5 aliphatic rings. The third kappa shape index (κ3) is 16.3. The largest absolute Gasteiger partial charge is 0.394 e. The molecule has 26 heteroatoms. The number of rotatable bonds is 25. The molecule has 26 atom stereocenters. The van der Waals surface area contributed by atoms with E-state index in [4.69, 9.17) is 47.4 Å². The molecule has 16 N–H and O–H groups in total. The van der Waals surface area contributed by atoms with E-state index in [1.165, 1.54) is 13.0 Å². The molecule has 440 valence electrons. The first kappa shape index (κ1) is 64.7. The number of aliphatic hydroxyl groups is 16. The zero-order valence-electron chi connectivity index (χ0n) is 43.5. The van der Waals surface area contributed by atoms with Gasteiger partial charge in [-0.2, -0.15) is 0 Å². The lowest BCUT2D eigenvalue weighted by molar-refractivity contribution is -0.375. The summed E-state index contributed by atoms with van der Waals surface area (Å²) in [4.78, 5) is 0. The Labute approximate surface area is 441 Å². The highest BCUT2D eigenvalue weighted by atomic mass is 16.8. The van der Waals surface area contributed by atoms with Crippen molar-refractivity contribution in [1.29, 1.82) is 0 Å². The second kappa shape index (κ2) is 29.6. The molecule has 0 saturated carbocycles. The van der Waals surface area contributed by atoms with Gasteiger partial charge in [0.05, 0.1) is 44.7 Å². The van der Waals surface area contributed by atoms with E-state index in [2.05, 4.69) is 12.7 Å². The number of allylic oxidation sites excluding steroid dienone is 5. The van der Waals surface area contributed by atoms with Crippen molar-refractivity contribution < 1.29 is 129 Å². The summed E-state index contributed by atoms with van der Waals surface area (Å²) in [5.41, 5.74) is 1.81. The van der Waals surface area contributed by atoms with E-state index >= 15 is 0 Å². The number of hydrogen-bond acceptors (Lipinski definition) is 26. The van der Waals surface area contributed by atoms with Gasteiger partial charge in [-0.3, -0.25) is 0 Å². The fourth-order valence-corrected chi connectivity index (χ4v) is 9.28. The average Bonchev–Trinajstić information content (AvgIpc) is 3.39. The minimum atomic E-state index is -1.86. The predicted molar refractivity (Wildman–Crippen MR) is 259 cm³/mol. The normalized spacial score (nSPS) is 43.9. The molecule has 5 heterocycles. The maximum absolute atomic E-state index is 11.3. The Kier molecular flexibility index (Phi) is 25.2. The summed E-state index contributed by atoms with van der Waals surface area (Å²) in [6.07, 6.45) is -28.1. The molecule has 0 amide bonds. The van der Waals surface area contributed by atoms with Crippen LogP contribution in [0.5, 0.6) is 0 Å². The summed E-state index contributed by atoms with van der Waals surface area (Å²) >= 11 is 0. The summed E-state index contributed by atoms with van der Waals surface area (Å²) < 4.78 is 57.8. The number of ether oxygens (including phenoxy) is 10. The highest BCUT2D eigenvalue weighted by Gasteiger charge is 2.54. The Balaban J connectivity index is 1.13. The molecule has 0 aliphatic carbocycles. The summed E-state index contributed by atoms with van der Waals surface area (Å²) in [6.45, 7) is 10.1. The number of aliphatic hydroxyl groups excluding tert-OH is 16. The minimum Gasteiger partial charge on any atom is -0.394 e. The second-order valence-corrected chi connectivity index (χ2v) is 20.6. The minimum absolute atomic E-state index is 0.0806. The molecule has 5 aliphatic heterocycles. The van der Waals surface area contributed by atoms with E-state index in [1.807, 2.05) is 26.0 Å². The molecule has 5 rings (SSSR count). The fourth-order valence-electron chi connectivity index (χ4n) is 9.28. The van der Waals surface area contributed by atoms with Gasteiger partial charge in [-0.1, -0.05) is 41.0 Å². The van der Waals surface area contributed by atoms with Crippen molar-refractivity contribution in [3.05, 3.63) is 47.6 Å². The van der Waals surface area contributed by atoms with Crippen molar-refractivity contribution in [2.45, 2.75) is 232 Å². The highest BCUT2D eigenvalue weighted by molar-refractivity contribution is 5.08. The Bertz CT molecular complexity index is 1860. The number of hydrogen-bond donors (Lipinski definition) is 16. The Morgan fingerprint density at radius 3 is 1.37 bits per heavy atom. The molecule has 76 heavy (non-hydrogen) atoms.